The molecule has 1 aromatic rings. The zero-order chi connectivity index (χ0) is 13.3. The van der Waals surface area contributed by atoms with Crippen molar-refractivity contribution in [2.24, 2.45) is 11.7 Å². The van der Waals surface area contributed by atoms with Gasteiger partial charge in [-0.15, -0.1) is 22.9 Å². The second kappa shape index (κ2) is 5.28. The molecule has 2 amide bonds. The second-order valence-electron chi connectivity index (χ2n) is 4.60. The highest BCUT2D eigenvalue weighted by Gasteiger charge is 2.26. The number of rotatable bonds is 3. The van der Waals surface area contributed by atoms with Crippen LogP contribution >= 0.6 is 22.9 Å². The smallest absolute Gasteiger partial charge is 0.251 e. The number of hydrogen-bond acceptors (Lipinski definition) is 3. The van der Waals surface area contributed by atoms with Crippen molar-refractivity contribution < 1.29 is 9.59 Å². The Morgan fingerprint density at radius 3 is 2.89 bits per heavy atom. The predicted molar refractivity (Wildman–Crippen MR) is 73.4 cm³/mol. The van der Waals surface area contributed by atoms with E-state index in [0.29, 0.717) is 16.5 Å². The van der Waals surface area contributed by atoms with Crippen molar-refractivity contribution in [2.45, 2.75) is 26.2 Å². The van der Waals surface area contributed by atoms with Gasteiger partial charge in [-0.3, -0.25) is 9.59 Å². The van der Waals surface area contributed by atoms with Crippen LogP contribution in [0.5, 0.6) is 0 Å². The van der Waals surface area contributed by atoms with Crippen molar-refractivity contribution in [3.05, 3.63) is 16.0 Å². The van der Waals surface area contributed by atoms with Crippen molar-refractivity contribution in [3.8, 4) is 0 Å². The monoisotopic (exact) mass is 286 g/mol. The molecule has 0 radical (unpaired) electrons. The quantitative estimate of drug-likeness (QED) is 0.836. The number of halogens is 1. The zero-order valence-electron chi connectivity index (χ0n) is 10.1. The number of nitrogens with one attached hydrogen (secondary N) is 1. The van der Waals surface area contributed by atoms with E-state index >= 15 is 0 Å². The van der Waals surface area contributed by atoms with E-state index in [1.54, 1.807) is 0 Å². The summed E-state index contributed by atoms with van der Waals surface area (Å²) in [5.74, 6) is -0.317. The molecule has 0 fully saturated rings. The number of amides is 2. The van der Waals surface area contributed by atoms with E-state index in [1.165, 1.54) is 11.3 Å². The van der Waals surface area contributed by atoms with Crippen LogP contribution in [-0.4, -0.2) is 17.7 Å². The molecule has 3 N–H and O–H groups in total. The van der Waals surface area contributed by atoms with Crippen molar-refractivity contribution in [2.75, 3.05) is 11.2 Å². The van der Waals surface area contributed by atoms with Gasteiger partial charge < -0.3 is 11.1 Å². The summed E-state index contributed by atoms with van der Waals surface area (Å²) in [6.45, 7) is 2.18. The topological polar surface area (TPSA) is 72.2 Å². The first-order valence-electron chi connectivity index (χ1n) is 5.83. The first-order valence-corrected chi connectivity index (χ1v) is 7.18. The number of carbonyl (C=O) groups is 2. The average Bonchev–Trinajstić information content (AvgIpc) is 2.65. The number of thiophene rings is 1. The van der Waals surface area contributed by atoms with Crippen molar-refractivity contribution in [1.29, 1.82) is 0 Å². The minimum Gasteiger partial charge on any atom is -0.365 e. The van der Waals surface area contributed by atoms with Gasteiger partial charge in [-0.1, -0.05) is 6.92 Å². The average molecular weight is 287 g/mol. The Morgan fingerprint density at radius 2 is 2.28 bits per heavy atom. The fourth-order valence-corrected chi connectivity index (χ4v) is 3.76. The molecule has 1 heterocycles. The number of alkyl halides is 1. The van der Waals surface area contributed by atoms with Gasteiger partial charge in [0, 0.05) is 4.88 Å². The van der Waals surface area contributed by atoms with Gasteiger partial charge in [0.15, 0.2) is 0 Å². The molecular weight excluding hydrogens is 272 g/mol. The van der Waals surface area contributed by atoms with Gasteiger partial charge in [0.2, 0.25) is 5.91 Å². The van der Waals surface area contributed by atoms with Crippen LogP contribution in [0.25, 0.3) is 0 Å². The van der Waals surface area contributed by atoms with Crippen LogP contribution in [0, 0.1) is 5.92 Å². The SMILES string of the molecule is C[C@@H]1CCc2c(sc(NC(=O)CCl)c2C(N)=O)C1. The Balaban J connectivity index is 2.40. The van der Waals surface area contributed by atoms with Gasteiger partial charge >= 0.3 is 0 Å². The molecule has 0 unspecified atom stereocenters. The van der Waals surface area contributed by atoms with Crippen LogP contribution in [0.2, 0.25) is 0 Å². The summed E-state index contributed by atoms with van der Waals surface area (Å²) in [5.41, 5.74) is 6.90. The van der Waals surface area contributed by atoms with E-state index in [4.69, 9.17) is 17.3 Å². The first-order chi connectivity index (χ1) is 8.52. The van der Waals surface area contributed by atoms with E-state index in [-0.39, 0.29) is 11.8 Å². The molecule has 18 heavy (non-hydrogen) atoms. The van der Waals surface area contributed by atoms with Crippen LogP contribution in [0.15, 0.2) is 0 Å². The third-order valence-electron chi connectivity index (χ3n) is 3.13. The number of fused-ring (bicyclic) bond motifs is 1. The molecule has 0 saturated carbocycles. The molecule has 1 aliphatic rings. The lowest BCUT2D eigenvalue weighted by molar-refractivity contribution is -0.113. The fourth-order valence-electron chi connectivity index (χ4n) is 2.26. The predicted octanol–water partition coefficient (Wildman–Crippen LogP) is 2.15. The fraction of sp³-hybridized carbons (Fsp3) is 0.500. The summed E-state index contributed by atoms with van der Waals surface area (Å²) < 4.78 is 0. The minimum atomic E-state index is -0.480. The maximum Gasteiger partial charge on any atom is 0.251 e. The number of carbonyl (C=O) groups excluding carboxylic acids is 2. The molecule has 0 spiro atoms. The van der Waals surface area contributed by atoms with Gasteiger partial charge in [-0.05, 0) is 30.7 Å². The van der Waals surface area contributed by atoms with E-state index < -0.39 is 5.91 Å². The molecule has 0 saturated heterocycles. The molecule has 0 bridgehead atoms. The summed E-state index contributed by atoms with van der Waals surface area (Å²) in [7, 11) is 0. The summed E-state index contributed by atoms with van der Waals surface area (Å²) >= 11 is 6.91. The van der Waals surface area contributed by atoms with Crippen molar-refractivity contribution >= 4 is 39.8 Å². The third-order valence-corrected chi connectivity index (χ3v) is 4.54. The lowest BCUT2D eigenvalue weighted by Gasteiger charge is -2.18. The van der Waals surface area contributed by atoms with Gasteiger partial charge in [0.05, 0.1) is 5.56 Å². The molecule has 6 heteroatoms. The van der Waals surface area contributed by atoms with Gasteiger partial charge in [0.25, 0.3) is 5.91 Å². The van der Waals surface area contributed by atoms with Gasteiger partial charge in [-0.25, -0.2) is 0 Å². The molecule has 1 aliphatic carbocycles. The van der Waals surface area contributed by atoms with Crippen LogP contribution in [0.1, 0.15) is 34.1 Å². The maximum absolute atomic E-state index is 11.6. The van der Waals surface area contributed by atoms with E-state index in [1.807, 2.05) is 0 Å². The van der Waals surface area contributed by atoms with E-state index in [9.17, 15) is 9.59 Å². The number of nitrogens with two attached hydrogens (primary N) is 1. The van der Waals surface area contributed by atoms with Crippen LogP contribution in [0.3, 0.4) is 0 Å². The number of hydrogen-bond donors (Lipinski definition) is 2. The lowest BCUT2D eigenvalue weighted by Crippen LogP contribution is -2.19. The molecule has 98 valence electrons. The molecule has 1 atom stereocenters. The Hall–Kier alpha value is -1.07. The Labute approximate surface area is 115 Å². The molecule has 0 aliphatic heterocycles. The highest BCUT2D eigenvalue weighted by Crippen LogP contribution is 2.39. The van der Waals surface area contributed by atoms with Crippen LogP contribution in [0.4, 0.5) is 5.00 Å². The van der Waals surface area contributed by atoms with E-state index in [2.05, 4.69) is 12.2 Å². The summed E-state index contributed by atoms with van der Waals surface area (Å²) in [6, 6.07) is 0. The molecule has 2 rings (SSSR count). The largest absolute Gasteiger partial charge is 0.365 e. The molecule has 1 aromatic heterocycles. The molecule has 4 nitrogen and oxygen atoms in total. The zero-order valence-corrected chi connectivity index (χ0v) is 11.7. The van der Waals surface area contributed by atoms with Gasteiger partial charge in [0.1, 0.15) is 10.9 Å². The Bertz CT molecular complexity index is 499. The highest BCUT2D eigenvalue weighted by molar-refractivity contribution is 7.17. The van der Waals surface area contributed by atoms with Crippen molar-refractivity contribution in [1.82, 2.24) is 0 Å². The highest BCUT2D eigenvalue weighted by atomic mass is 35.5. The number of anilines is 1. The summed E-state index contributed by atoms with van der Waals surface area (Å²) in [5, 5.41) is 3.21. The standard InChI is InChI=1S/C12H15ClN2O2S/c1-6-2-3-7-8(4-6)18-12(10(7)11(14)17)15-9(16)5-13/h6H,2-5H2,1H3,(H2,14,17)(H,15,16)/t6-/m1/s1. The maximum atomic E-state index is 11.6. The molecular formula is C12H15ClN2O2S. The summed E-state index contributed by atoms with van der Waals surface area (Å²) in [4.78, 5) is 24.1. The normalized spacial score (nSPS) is 18.2. The first kappa shape index (κ1) is 13.4. The lowest BCUT2D eigenvalue weighted by atomic mass is 9.88. The summed E-state index contributed by atoms with van der Waals surface area (Å²) in [6.07, 6.45) is 2.84. The molecule has 0 aromatic carbocycles. The minimum absolute atomic E-state index is 0.128. The third kappa shape index (κ3) is 2.52. The Kier molecular flexibility index (Phi) is 3.92. The van der Waals surface area contributed by atoms with E-state index in [0.717, 1.165) is 29.7 Å². The van der Waals surface area contributed by atoms with Crippen LogP contribution < -0.4 is 11.1 Å². The van der Waals surface area contributed by atoms with Crippen LogP contribution in [-0.2, 0) is 17.6 Å². The number of primary amides is 1. The van der Waals surface area contributed by atoms with Gasteiger partial charge in [-0.2, -0.15) is 0 Å². The Morgan fingerprint density at radius 1 is 1.56 bits per heavy atom. The van der Waals surface area contributed by atoms with Crippen molar-refractivity contribution in [3.63, 3.8) is 0 Å². The second-order valence-corrected chi connectivity index (χ2v) is 5.97.